The maximum atomic E-state index is 11.2. The van der Waals surface area contributed by atoms with Crippen molar-refractivity contribution in [2.75, 3.05) is 0 Å². The molecule has 0 fully saturated rings. The van der Waals surface area contributed by atoms with Gasteiger partial charge in [-0.3, -0.25) is 4.79 Å². The Morgan fingerprint density at radius 2 is 1.95 bits per heavy atom. The smallest absolute Gasteiger partial charge is 0.150 e. The molecule has 2 aromatic carbocycles. The van der Waals surface area contributed by atoms with Crippen LogP contribution in [-0.2, 0) is 6.42 Å². The van der Waals surface area contributed by atoms with E-state index in [9.17, 15) is 4.79 Å². The highest BCUT2D eigenvalue weighted by Crippen LogP contribution is 2.29. The van der Waals surface area contributed by atoms with Crippen LogP contribution in [0.15, 0.2) is 36.4 Å². The van der Waals surface area contributed by atoms with Crippen LogP contribution in [0.4, 0.5) is 0 Å². The number of H-pyrrole nitrogens is 1. The highest BCUT2D eigenvalue weighted by atomic mass is 16.1. The molecule has 0 aliphatic carbocycles. The van der Waals surface area contributed by atoms with E-state index >= 15 is 0 Å². The van der Waals surface area contributed by atoms with Crippen LogP contribution in [0.3, 0.4) is 0 Å². The number of carbonyl (C=O) groups excluding carboxylic acids is 1. The minimum atomic E-state index is 0.772. The quantitative estimate of drug-likeness (QED) is 0.518. The van der Waals surface area contributed by atoms with Crippen molar-refractivity contribution in [3.05, 3.63) is 47.5 Å². The van der Waals surface area contributed by atoms with Crippen LogP contribution in [0.5, 0.6) is 0 Å². The minimum absolute atomic E-state index is 0.772. The van der Waals surface area contributed by atoms with E-state index in [1.54, 1.807) is 0 Å². The molecule has 0 atom stereocenters. The third kappa shape index (κ3) is 2.22. The van der Waals surface area contributed by atoms with Crippen molar-refractivity contribution in [1.82, 2.24) is 4.98 Å². The number of aryl methyl sites for hydroxylation is 1. The molecule has 0 unspecified atom stereocenters. The fourth-order valence-electron chi connectivity index (χ4n) is 2.88. The molecule has 20 heavy (non-hydrogen) atoms. The average molecular weight is 265 g/mol. The first kappa shape index (κ1) is 12.9. The first-order valence-corrected chi connectivity index (χ1v) is 7.32. The highest BCUT2D eigenvalue weighted by molar-refractivity contribution is 6.09. The van der Waals surface area contributed by atoms with Crippen molar-refractivity contribution in [3.8, 4) is 0 Å². The number of hydrogen-bond donors (Lipinski definition) is 1. The lowest BCUT2D eigenvalue weighted by molar-refractivity contribution is 0.112. The summed E-state index contributed by atoms with van der Waals surface area (Å²) >= 11 is 0. The molecule has 0 saturated heterocycles. The number of aromatic nitrogens is 1. The van der Waals surface area contributed by atoms with E-state index in [1.165, 1.54) is 35.7 Å². The van der Waals surface area contributed by atoms with Crippen molar-refractivity contribution >= 4 is 28.1 Å². The number of benzene rings is 2. The Balaban J connectivity index is 2.18. The zero-order chi connectivity index (χ0) is 13.9. The van der Waals surface area contributed by atoms with Gasteiger partial charge in [-0.1, -0.05) is 38.0 Å². The third-order valence-corrected chi connectivity index (χ3v) is 3.91. The zero-order valence-corrected chi connectivity index (χ0v) is 11.8. The van der Waals surface area contributed by atoms with E-state index in [-0.39, 0.29) is 0 Å². The minimum Gasteiger partial charge on any atom is -0.354 e. The Labute approximate surface area is 118 Å². The summed E-state index contributed by atoms with van der Waals surface area (Å²) in [6, 6.07) is 12.3. The predicted octanol–water partition coefficient (Wildman–Crippen LogP) is 4.87. The van der Waals surface area contributed by atoms with Crippen LogP contribution in [0.1, 0.15) is 42.1 Å². The van der Waals surface area contributed by atoms with Crippen LogP contribution in [0, 0.1) is 0 Å². The van der Waals surface area contributed by atoms with Gasteiger partial charge >= 0.3 is 0 Å². The van der Waals surface area contributed by atoms with Crippen molar-refractivity contribution in [2.45, 2.75) is 32.6 Å². The van der Waals surface area contributed by atoms with E-state index in [1.807, 2.05) is 24.3 Å². The molecule has 2 heteroatoms. The van der Waals surface area contributed by atoms with Gasteiger partial charge in [0.25, 0.3) is 0 Å². The largest absolute Gasteiger partial charge is 0.354 e. The number of nitrogens with one attached hydrogen (secondary N) is 1. The molecule has 1 heterocycles. The number of fused-ring (bicyclic) bond motifs is 3. The van der Waals surface area contributed by atoms with Crippen LogP contribution < -0.4 is 0 Å². The topological polar surface area (TPSA) is 32.9 Å². The molecule has 0 radical (unpaired) electrons. The van der Waals surface area contributed by atoms with Gasteiger partial charge in [0, 0.05) is 27.4 Å². The van der Waals surface area contributed by atoms with Gasteiger partial charge in [0.2, 0.25) is 0 Å². The Morgan fingerprint density at radius 3 is 2.75 bits per heavy atom. The first-order valence-electron chi connectivity index (χ1n) is 7.32. The monoisotopic (exact) mass is 265 g/mol. The summed E-state index contributed by atoms with van der Waals surface area (Å²) in [5.74, 6) is 0. The molecule has 2 nitrogen and oxygen atoms in total. The van der Waals surface area contributed by atoms with Crippen molar-refractivity contribution in [1.29, 1.82) is 0 Å². The van der Waals surface area contributed by atoms with Gasteiger partial charge in [-0.2, -0.15) is 0 Å². The van der Waals surface area contributed by atoms with E-state index in [2.05, 4.69) is 24.0 Å². The van der Waals surface area contributed by atoms with E-state index in [0.29, 0.717) is 0 Å². The lowest BCUT2D eigenvalue weighted by atomic mass is 10.0. The van der Waals surface area contributed by atoms with Gasteiger partial charge in [-0.15, -0.1) is 0 Å². The van der Waals surface area contributed by atoms with Crippen LogP contribution in [0.25, 0.3) is 21.8 Å². The maximum absolute atomic E-state index is 11.2. The number of aldehydes is 1. The summed E-state index contributed by atoms with van der Waals surface area (Å²) in [4.78, 5) is 14.7. The number of unbranched alkanes of at least 4 members (excludes halogenated alkanes) is 2. The molecule has 1 aromatic heterocycles. The second kappa shape index (κ2) is 5.49. The highest BCUT2D eigenvalue weighted by Gasteiger charge is 2.09. The van der Waals surface area contributed by atoms with Gasteiger partial charge in [0.15, 0.2) is 0 Å². The molecule has 0 saturated carbocycles. The Bertz CT molecular complexity index is 755. The van der Waals surface area contributed by atoms with Gasteiger partial charge in [0.05, 0.1) is 0 Å². The Kier molecular flexibility index (Phi) is 3.55. The van der Waals surface area contributed by atoms with Crippen LogP contribution in [0.2, 0.25) is 0 Å². The number of aromatic amines is 1. The maximum Gasteiger partial charge on any atom is 0.150 e. The fourth-order valence-corrected chi connectivity index (χ4v) is 2.88. The molecular formula is C18H19NO. The zero-order valence-electron chi connectivity index (χ0n) is 11.8. The molecule has 3 aromatic rings. The predicted molar refractivity (Wildman–Crippen MR) is 84.4 cm³/mol. The number of para-hydroxylation sites is 1. The molecule has 1 N–H and O–H groups in total. The molecule has 0 spiro atoms. The van der Waals surface area contributed by atoms with Crippen LogP contribution in [-0.4, -0.2) is 11.3 Å². The molecule has 3 rings (SSSR count). The second-order valence-electron chi connectivity index (χ2n) is 5.35. The van der Waals surface area contributed by atoms with Gasteiger partial charge in [0.1, 0.15) is 6.29 Å². The van der Waals surface area contributed by atoms with Gasteiger partial charge in [-0.25, -0.2) is 0 Å². The van der Waals surface area contributed by atoms with Crippen LogP contribution >= 0.6 is 0 Å². The number of hydrogen-bond acceptors (Lipinski definition) is 1. The molecule has 0 amide bonds. The summed E-state index contributed by atoms with van der Waals surface area (Å²) in [5.41, 5.74) is 4.36. The van der Waals surface area contributed by atoms with Crippen molar-refractivity contribution in [3.63, 3.8) is 0 Å². The summed E-state index contributed by atoms with van der Waals surface area (Å²) in [6.45, 7) is 2.21. The SMILES string of the molecule is CCCCCc1cc(C=O)cc2c1[nH]c1ccccc12. The summed E-state index contributed by atoms with van der Waals surface area (Å²) < 4.78 is 0. The normalized spacial score (nSPS) is 11.2. The van der Waals surface area contributed by atoms with E-state index in [0.717, 1.165) is 29.2 Å². The third-order valence-electron chi connectivity index (χ3n) is 3.91. The Morgan fingerprint density at radius 1 is 1.10 bits per heavy atom. The summed E-state index contributed by atoms with van der Waals surface area (Å²) in [7, 11) is 0. The molecule has 0 aliphatic rings. The molecule has 102 valence electrons. The van der Waals surface area contributed by atoms with E-state index in [4.69, 9.17) is 0 Å². The van der Waals surface area contributed by atoms with E-state index < -0.39 is 0 Å². The van der Waals surface area contributed by atoms with Gasteiger partial charge < -0.3 is 4.98 Å². The molecule has 0 aliphatic heterocycles. The average Bonchev–Trinajstić information content (AvgIpc) is 2.86. The summed E-state index contributed by atoms with van der Waals surface area (Å²) in [6.07, 6.45) is 5.59. The van der Waals surface area contributed by atoms with Crippen molar-refractivity contribution < 1.29 is 4.79 Å². The standard InChI is InChI=1S/C18H19NO/c1-2-3-4-7-14-10-13(12-20)11-16-15-8-5-6-9-17(15)19-18(14)16/h5-6,8-12,19H,2-4,7H2,1H3. The first-order chi connectivity index (χ1) is 9.83. The summed E-state index contributed by atoms with van der Waals surface area (Å²) in [5, 5.41) is 2.36. The molecular weight excluding hydrogens is 246 g/mol. The van der Waals surface area contributed by atoms with Gasteiger partial charge in [-0.05, 0) is 36.6 Å². The number of carbonyl (C=O) groups is 1. The lowest BCUT2D eigenvalue weighted by Gasteiger charge is -2.04. The van der Waals surface area contributed by atoms with Crippen molar-refractivity contribution in [2.24, 2.45) is 0 Å². The Hall–Kier alpha value is -2.09. The molecule has 0 bridgehead atoms. The lowest BCUT2D eigenvalue weighted by Crippen LogP contribution is -1.91. The second-order valence-corrected chi connectivity index (χ2v) is 5.35. The number of rotatable bonds is 5. The fraction of sp³-hybridized carbons (Fsp3) is 0.278.